The Balaban J connectivity index is 2.07. The lowest BCUT2D eigenvalue weighted by atomic mass is 9.96. The van der Waals surface area contributed by atoms with Crippen molar-refractivity contribution < 1.29 is 4.43 Å². The first kappa shape index (κ1) is 8.76. The highest BCUT2D eigenvalue weighted by atomic mass is 28.4. The van der Waals surface area contributed by atoms with E-state index in [1.54, 1.807) is 0 Å². The summed E-state index contributed by atoms with van der Waals surface area (Å²) in [5.41, 5.74) is 0.369. The maximum absolute atomic E-state index is 6.36. The molecule has 70 valence electrons. The molecule has 0 amide bonds. The zero-order valence-electron chi connectivity index (χ0n) is 8.36. The van der Waals surface area contributed by atoms with Crippen LogP contribution in [0.4, 0.5) is 0 Å². The van der Waals surface area contributed by atoms with Crippen molar-refractivity contribution in [2.75, 3.05) is 0 Å². The van der Waals surface area contributed by atoms with E-state index in [2.05, 4.69) is 13.1 Å². The van der Waals surface area contributed by atoms with Crippen LogP contribution in [0, 0.1) is 0 Å². The topological polar surface area (TPSA) is 9.23 Å². The van der Waals surface area contributed by atoms with Crippen LogP contribution in [0.3, 0.4) is 0 Å². The summed E-state index contributed by atoms with van der Waals surface area (Å²) in [6, 6.07) is 1.38. The van der Waals surface area contributed by atoms with E-state index in [9.17, 15) is 0 Å². The molecule has 0 aromatic rings. The smallest absolute Gasteiger partial charge is 0.187 e. The van der Waals surface area contributed by atoms with Gasteiger partial charge in [-0.05, 0) is 38.4 Å². The van der Waals surface area contributed by atoms with Gasteiger partial charge < -0.3 is 4.43 Å². The van der Waals surface area contributed by atoms with E-state index in [4.69, 9.17) is 4.43 Å². The Morgan fingerprint density at radius 3 is 2.17 bits per heavy atom. The standard InChI is InChI=1S/C10H20OSi/c1-12(2)9-5-8-10(11-12)6-3-4-7-10/h3-9H2,1-2H3. The molecule has 1 saturated carbocycles. The van der Waals surface area contributed by atoms with Crippen molar-refractivity contribution in [2.24, 2.45) is 0 Å². The lowest BCUT2D eigenvalue weighted by Crippen LogP contribution is -2.46. The van der Waals surface area contributed by atoms with Crippen molar-refractivity contribution in [1.29, 1.82) is 0 Å². The van der Waals surface area contributed by atoms with Gasteiger partial charge >= 0.3 is 0 Å². The molecule has 0 aromatic carbocycles. The second-order valence-electron chi connectivity index (χ2n) is 5.11. The average Bonchev–Trinajstić information content (AvgIpc) is 2.34. The third-order valence-corrected chi connectivity index (χ3v) is 5.96. The second kappa shape index (κ2) is 2.84. The van der Waals surface area contributed by atoms with E-state index in [-0.39, 0.29) is 0 Å². The van der Waals surface area contributed by atoms with E-state index < -0.39 is 8.32 Å². The van der Waals surface area contributed by atoms with E-state index >= 15 is 0 Å². The number of hydrogen-bond donors (Lipinski definition) is 0. The van der Waals surface area contributed by atoms with Crippen LogP contribution in [-0.4, -0.2) is 13.9 Å². The molecule has 1 spiro atoms. The largest absolute Gasteiger partial charge is 0.412 e. The quantitative estimate of drug-likeness (QED) is 0.525. The van der Waals surface area contributed by atoms with Gasteiger partial charge in [0.25, 0.3) is 0 Å². The summed E-state index contributed by atoms with van der Waals surface area (Å²) >= 11 is 0. The molecule has 1 heterocycles. The molecule has 2 heteroatoms. The lowest BCUT2D eigenvalue weighted by Gasteiger charge is -2.42. The molecule has 1 aliphatic heterocycles. The molecule has 0 atom stereocenters. The Bertz CT molecular complexity index is 171. The first-order valence-electron chi connectivity index (χ1n) is 5.32. The van der Waals surface area contributed by atoms with Gasteiger partial charge in [-0.25, -0.2) is 0 Å². The summed E-state index contributed by atoms with van der Waals surface area (Å²) in [4.78, 5) is 0. The summed E-state index contributed by atoms with van der Waals surface area (Å²) in [7, 11) is -1.23. The molecule has 1 saturated heterocycles. The summed E-state index contributed by atoms with van der Waals surface area (Å²) in [5.74, 6) is 0. The Kier molecular flexibility index (Phi) is 2.08. The van der Waals surface area contributed by atoms with Crippen molar-refractivity contribution in [3.63, 3.8) is 0 Å². The minimum absolute atomic E-state index is 0.369. The van der Waals surface area contributed by atoms with Crippen LogP contribution < -0.4 is 0 Å². The van der Waals surface area contributed by atoms with Crippen molar-refractivity contribution in [2.45, 2.75) is 63.3 Å². The van der Waals surface area contributed by atoms with Gasteiger partial charge in [0.05, 0.1) is 5.60 Å². The fourth-order valence-corrected chi connectivity index (χ4v) is 5.50. The fourth-order valence-electron chi connectivity index (χ4n) is 2.90. The zero-order valence-corrected chi connectivity index (χ0v) is 9.36. The van der Waals surface area contributed by atoms with E-state index in [1.807, 2.05) is 0 Å². The van der Waals surface area contributed by atoms with Gasteiger partial charge in [-0.1, -0.05) is 19.3 Å². The molecule has 2 rings (SSSR count). The Labute approximate surface area is 76.6 Å². The van der Waals surface area contributed by atoms with Gasteiger partial charge in [0.1, 0.15) is 0 Å². The van der Waals surface area contributed by atoms with Crippen LogP contribution in [0.1, 0.15) is 38.5 Å². The van der Waals surface area contributed by atoms with Crippen LogP contribution >= 0.6 is 0 Å². The maximum Gasteiger partial charge on any atom is 0.187 e. The normalized spacial score (nSPS) is 32.5. The minimum atomic E-state index is -1.23. The summed E-state index contributed by atoms with van der Waals surface area (Å²) < 4.78 is 6.36. The Hall–Kier alpha value is 0.177. The average molecular weight is 184 g/mol. The van der Waals surface area contributed by atoms with Crippen molar-refractivity contribution >= 4 is 8.32 Å². The molecule has 12 heavy (non-hydrogen) atoms. The fraction of sp³-hybridized carbons (Fsp3) is 1.00. The number of hydrogen-bond acceptors (Lipinski definition) is 1. The van der Waals surface area contributed by atoms with Gasteiger partial charge in [-0.2, -0.15) is 0 Å². The molecule has 2 aliphatic rings. The van der Waals surface area contributed by atoms with Crippen LogP contribution in [0.2, 0.25) is 19.1 Å². The molecule has 2 fully saturated rings. The summed E-state index contributed by atoms with van der Waals surface area (Å²) in [6.07, 6.45) is 8.30. The molecular weight excluding hydrogens is 164 g/mol. The molecular formula is C10H20OSi. The van der Waals surface area contributed by atoms with Crippen molar-refractivity contribution in [1.82, 2.24) is 0 Å². The molecule has 0 bridgehead atoms. The minimum Gasteiger partial charge on any atom is -0.412 e. The van der Waals surface area contributed by atoms with Gasteiger partial charge in [-0.3, -0.25) is 0 Å². The molecule has 0 N–H and O–H groups in total. The van der Waals surface area contributed by atoms with Crippen LogP contribution in [0.5, 0.6) is 0 Å². The SMILES string of the molecule is C[Si]1(C)CCCC2(CCCC2)O1. The molecule has 0 aromatic heterocycles. The van der Waals surface area contributed by atoms with Crippen LogP contribution in [0.15, 0.2) is 0 Å². The third kappa shape index (κ3) is 1.60. The number of rotatable bonds is 0. The third-order valence-electron chi connectivity index (χ3n) is 3.42. The summed E-state index contributed by atoms with van der Waals surface area (Å²) in [5, 5.41) is 0. The van der Waals surface area contributed by atoms with E-state index in [0.717, 1.165) is 0 Å². The summed E-state index contributed by atoms with van der Waals surface area (Å²) in [6.45, 7) is 4.76. The van der Waals surface area contributed by atoms with Gasteiger partial charge in [-0.15, -0.1) is 0 Å². The van der Waals surface area contributed by atoms with Crippen molar-refractivity contribution in [3.05, 3.63) is 0 Å². The van der Waals surface area contributed by atoms with Crippen LogP contribution in [0.25, 0.3) is 0 Å². The highest BCUT2D eigenvalue weighted by molar-refractivity contribution is 6.71. The monoisotopic (exact) mass is 184 g/mol. The Morgan fingerprint density at radius 1 is 1.00 bits per heavy atom. The van der Waals surface area contributed by atoms with Crippen molar-refractivity contribution in [3.8, 4) is 0 Å². The maximum atomic E-state index is 6.36. The van der Waals surface area contributed by atoms with Gasteiger partial charge in [0.2, 0.25) is 0 Å². The Morgan fingerprint density at radius 2 is 1.58 bits per heavy atom. The first-order valence-corrected chi connectivity index (χ1v) is 8.44. The highest BCUT2D eigenvalue weighted by Gasteiger charge is 2.43. The molecule has 1 nitrogen and oxygen atoms in total. The first-order chi connectivity index (χ1) is 5.62. The predicted molar refractivity (Wildman–Crippen MR) is 53.8 cm³/mol. The van der Waals surface area contributed by atoms with Crippen LogP contribution in [-0.2, 0) is 4.43 Å². The zero-order chi connectivity index (χ0) is 8.66. The lowest BCUT2D eigenvalue weighted by molar-refractivity contribution is 0.0414. The molecule has 1 aliphatic carbocycles. The predicted octanol–water partition coefficient (Wildman–Crippen LogP) is 3.31. The van der Waals surface area contributed by atoms with E-state index in [1.165, 1.54) is 44.6 Å². The molecule has 0 unspecified atom stereocenters. The van der Waals surface area contributed by atoms with Gasteiger partial charge in [0.15, 0.2) is 8.32 Å². The molecule has 0 radical (unpaired) electrons. The van der Waals surface area contributed by atoms with Gasteiger partial charge in [0, 0.05) is 0 Å². The van der Waals surface area contributed by atoms with E-state index in [0.29, 0.717) is 5.60 Å². The second-order valence-corrected chi connectivity index (χ2v) is 9.33. The highest BCUT2D eigenvalue weighted by Crippen LogP contribution is 2.43.